The van der Waals surface area contributed by atoms with Crippen molar-refractivity contribution in [3.8, 4) is 0 Å². The van der Waals surface area contributed by atoms with Crippen LogP contribution >= 0.6 is 0 Å². The Morgan fingerprint density at radius 1 is 1.10 bits per heavy atom. The summed E-state index contributed by atoms with van der Waals surface area (Å²) in [6.07, 6.45) is 5.49. The fraction of sp³-hybridized carbons (Fsp3) is 0.667. The number of anilines is 2. The van der Waals surface area contributed by atoms with Gasteiger partial charge >= 0.3 is 0 Å². The summed E-state index contributed by atoms with van der Waals surface area (Å²) in [5, 5.41) is 5.93. The Balaban J connectivity index is 2.03. The minimum absolute atomic E-state index is 0.121. The van der Waals surface area contributed by atoms with Gasteiger partial charge in [-0.05, 0) is 31.1 Å². The summed E-state index contributed by atoms with van der Waals surface area (Å²) in [4.78, 5) is 4.03. The molecular weight excluding hydrogens is 260 g/mol. The van der Waals surface area contributed by atoms with Gasteiger partial charge in [0.15, 0.2) is 23.3 Å². The molecule has 0 saturated heterocycles. The molecule has 1 aliphatic carbocycles. The van der Waals surface area contributed by atoms with Crippen molar-refractivity contribution in [3.63, 3.8) is 0 Å². The van der Waals surface area contributed by atoms with Crippen molar-refractivity contribution in [2.45, 2.75) is 46.0 Å². The minimum atomic E-state index is -0.642. The van der Waals surface area contributed by atoms with Crippen molar-refractivity contribution in [1.29, 1.82) is 0 Å². The molecule has 0 unspecified atom stereocenters. The summed E-state index contributed by atoms with van der Waals surface area (Å²) in [5.74, 6) is -1.00. The van der Waals surface area contributed by atoms with Crippen molar-refractivity contribution in [1.82, 2.24) is 4.98 Å². The SMILES string of the molecule is CCCNc1nc(NCC2(CCC)CC2)c(F)cc1F. The van der Waals surface area contributed by atoms with E-state index in [0.717, 1.165) is 25.3 Å². The molecule has 0 radical (unpaired) electrons. The molecule has 0 atom stereocenters. The van der Waals surface area contributed by atoms with E-state index in [4.69, 9.17) is 0 Å². The number of halogens is 2. The van der Waals surface area contributed by atoms with Gasteiger partial charge in [-0.25, -0.2) is 13.8 Å². The topological polar surface area (TPSA) is 37.0 Å². The Morgan fingerprint density at radius 3 is 2.30 bits per heavy atom. The maximum absolute atomic E-state index is 13.7. The van der Waals surface area contributed by atoms with Crippen LogP contribution in [-0.4, -0.2) is 18.1 Å². The van der Waals surface area contributed by atoms with E-state index in [9.17, 15) is 8.78 Å². The van der Waals surface area contributed by atoms with Gasteiger partial charge in [0, 0.05) is 19.2 Å². The van der Waals surface area contributed by atoms with E-state index in [1.165, 1.54) is 12.8 Å². The highest BCUT2D eigenvalue weighted by Gasteiger charge is 2.41. The summed E-state index contributed by atoms with van der Waals surface area (Å²) >= 11 is 0. The normalized spacial score (nSPS) is 16.0. The lowest BCUT2D eigenvalue weighted by Gasteiger charge is -2.16. The van der Waals surface area contributed by atoms with Crippen LogP contribution in [0.5, 0.6) is 0 Å². The van der Waals surface area contributed by atoms with Crippen molar-refractivity contribution in [2.75, 3.05) is 23.7 Å². The Hall–Kier alpha value is -1.39. The molecule has 0 spiro atoms. The minimum Gasteiger partial charge on any atom is -0.368 e. The molecule has 0 amide bonds. The van der Waals surface area contributed by atoms with E-state index in [-0.39, 0.29) is 11.6 Å². The summed E-state index contributed by atoms with van der Waals surface area (Å²) in [6.45, 7) is 5.47. The summed E-state index contributed by atoms with van der Waals surface area (Å²) in [5.41, 5.74) is 0.300. The van der Waals surface area contributed by atoms with Gasteiger partial charge in [-0.2, -0.15) is 0 Å². The first-order valence-electron chi connectivity index (χ1n) is 7.44. The first kappa shape index (κ1) is 15.0. The monoisotopic (exact) mass is 283 g/mol. The number of hydrogen-bond donors (Lipinski definition) is 2. The zero-order valence-corrected chi connectivity index (χ0v) is 12.2. The second kappa shape index (κ2) is 6.37. The molecule has 0 aromatic carbocycles. The molecule has 2 rings (SSSR count). The predicted octanol–water partition coefficient (Wildman–Crippen LogP) is 4.17. The lowest BCUT2D eigenvalue weighted by Crippen LogP contribution is -2.17. The molecular formula is C15H23F2N3. The largest absolute Gasteiger partial charge is 0.368 e. The molecule has 1 heterocycles. The summed E-state index contributed by atoms with van der Waals surface area (Å²) < 4.78 is 27.3. The van der Waals surface area contributed by atoms with Gasteiger partial charge in [-0.3, -0.25) is 0 Å². The molecule has 1 aromatic heterocycles. The van der Waals surface area contributed by atoms with Gasteiger partial charge in [0.05, 0.1) is 0 Å². The lowest BCUT2D eigenvalue weighted by atomic mass is 10.0. The van der Waals surface area contributed by atoms with Gasteiger partial charge in [0.2, 0.25) is 0 Å². The Labute approximate surface area is 119 Å². The van der Waals surface area contributed by atoms with Crippen LogP contribution in [0.1, 0.15) is 46.0 Å². The molecule has 5 heteroatoms. The zero-order chi connectivity index (χ0) is 14.6. The van der Waals surface area contributed by atoms with Gasteiger partial charge in [-0.15, -0.1) is 0 Å². The zero-order valence-electron chi connectivity index (χ0n) is 12.2. The molecule has 3 nitrogen and oxygen atoms in total. The number of pyridine rings is 1. The smallest absolute Gasteiger partial charge is 0.168 e. The molecule has 20 heavy (non-hydrogen) atoms. The predicted molar refractivity (Wildman–Crippen MR) is 78.0 cm³/mol. The van der Waals surface area contributed by atoms with E-state index in [0.29, 0.717) is 18.5 Å². The number of aromatic nitrogens is 1. The number of nitrogens with one attached hydrogen (secondary N) is 2. The quantitative estimate of drug-likeness (QED) is 0.751. The van der Waals surface area contributed by atoms with Gasteiger partial charge in [0.25, 0.3) is 0 Å². The van der Waals surface area contributed by atoms with Crippen LogP contribution < -0.4 is 10.6 Å². The molecule has 1 aromatic rings. The summed E-state index contributed by atoms with van der Waals surface area (Å²) in [7, 11) is 0. The molecule has 1 aliphatic rings. The maximum Gasteiger partial charge on any atom is 0.168 e. The number of nitrogens with zero attached hydrogens (tertiary/aromatic N) is 1. The highest BCUT2D eigenvalue weighted by atomic mass is 19.1. The average Bonchev–Trinajstić information content (AvgIpc) is 3.17. The average molecular weight is 283 g/mol. The number of hydrogen-bond acceptors (Lipinski definition) is 3. The van der Waals surface area contributed by atoms with Crippen molar-refractivity contribution in [3.05, 3.63) is 17.7 Å². The van der Waals surface area contributed by atoms with Crippen LogP contribution in [-0.2, 0) is 0 Å². The maximum atomic E-state index is 13.7. The molecule has 112 valence electrons. The van der Waals surface area contributed by atoms with Gasteiger partial charge in [0.1, 0.15) is 0 Å². The van der Waals surface area contributed by atoms with E-state index < -0.39 is 11.6 Å². The van der Waals surface area contributed by atoms with Gasteiger partial charge in [-0.1, -0.05) is 20.3 Å². The fourth-order valence-corrected chi connectivity index (χ4v) is 2.45. The van der Waals surface area contributed by atoms with Crippen LogP contribution in [0.2, 0.25) is 0 Å². The van der Waals surface area contributed by atoms with Crippen molar-refractivity contribution >= 4 is 11.6 Å². The molecule has 0 aliphatic heterocycles. The van der Waals surface area contributed by atoms with Crippen LogP contribution in [0.15, 0.2) is 6.07 Å². The Morgan fingerprint density at radius 2 is 1.75 bits per heavy atom. The van der Waals surface area contributed by atoms with Crippen molar-refractivity contribution < 1.29 is 8.78 Å². The van der Waals surface area contributed by atoms with Gasteiger partial charge < -0.3 is 10.6 Å². The van der Waals surface area contributed by atoms with Crippen LogP contribution in [0.4, 0.5) is 20.4 Å². The fourth-order valence-electron chi connectivity index (χ4n) is 2.45. The van der Waals surface area contributed by atoms with E-state index in [2.05, 4.69) is 22.5 Å². The Kier molecular flexibility index (Phi) is 4.78. The highest BCUT2D eigenvalue weighted by Crippen LogP contribution is 2.49. The van der Waals surface area contributed by atoms with E-state index in [1.807, 2.05) is 6.92 Å². The Bertz CT molecular complexity index is 459. The standard InChI is InChI=1S/C15H23F2N3/c1-3-5-15(6-7-15)10-19-14-12(17)9-11(16)13(20-14)18-8-4-2/h9H,3-8,10H2,1-2H3,(H2,18,19,20). The van der Waals surface area contributed by atoms with E-state index in [1.54, 1.807) is 0 Å². The first-order chi connectivity index (χ1) is 9.60. The molecule has 2 N–H and O–H groups in total. The molecule has 1 fully saturated rings. The van der Waals surface area contributed by atoms with Crippen LogP contribution in [0.25, 0.3) is 0 Å². The van der Waals surface area contributed by atoms with E-state index >= 15 is 0 Å². The van der Waals surface area contributed by atoms with Crippen molar-refractivity contribution in [2.24, 2.45) is 5.41 Å². The number of rotatable bonds is 8. The third-order valence-electron chi connectivity index (χ3n) is 3.84. The lowest BCUT2D eigenvalue weighted by molar-refractivity contribution is 0.482. The second-order valence-corrected chi connectivity index (χ2v) is 5.68. The molecule has 1 saturated carbocycles. The third kappa shape index (κ3) is 3.58. The highest BCUT2D eigenvalue weighted by molar-refractivity contribution is 5.47. The molecule has 0 bridgehead atoms. The third-order valence-corrected chi connectivity index (χ3v) is 3.84. The first-order valence-corrected chi connectivity index (χ1v) is 7.44. The van der Waals surface area contributed by atoms with Crippen LogP contribution in [0.3, 0.4) is 0 Å². The second-order valence-electron chi connectivity index (χ2n) is 5.68. The summed E-state index contributed by atoms with van der Waals surface area (Å²) in [6, 6.07) is 0.896. The van der Waals surface area contributed by atoms with Crippen LogP contribution in [0, 0.1) is 17.0 Å².